The average molecular weight is 459 g/mol. The summed E-state index contributed by atoms with van der Waals surface area (Å²) < 4.78 is 5.77. The van der Waals surface area contributed by atoms with E-state index in [0.717, 1.165) is 5.56 Å². The van der Waals surface area contributed by atoms with Crippen LogP contribution in [0.15, 0.2) is 28.2 Å². The molecule has 1 amide bonds. The van der Waals surface area contributed by atoms with Crippen molar-refractivity contribution < 1.29 is 29.6 Å². The number of rotatable bonds is 3. The second kappa shape index (κ2) is 6.48. The van der Waals surface area contributed by atoms with Crippen LogP contribution in [0.3, 0.4) is 0 Å². The van der Waals surface area contributed by atoms with Crippen LogP contribution in [-0.4, -0.2) is 86.7 Å². The zero-order valence-corrected chi connectivity index (χ0v) is 17.9. The number of guanidine groups is 2. The number of amides is 1. The van der Waals surface area contributed by atoms with E-state index in [-0.39, 0.29) is 29.4 Å². The number of carboxylic acid groups (broad SMARTS) is 1. The summed E-state index contributed by atoms with van der Waals surface area (Å²) >= 11 is 0. The first kappa shape index (κ1) is 21.3. The van der Waals surface area contributed by atoms with Gasteiger partial charge in [-0.05, 0) is 6.07 Å². The van der Waals surface area contributed by atoms with Crippen LogP contribution in [-0.2, 0) is 10.2 Å². The Bertz CT molecular complexity index is 1130. The van der Waals surface area contributed by atoms with Crippen LogP contribution in [0.2, 0.25) is 0 Å². The van der Waals surface area contributed by atoms with E-state index in [9.17, 15) is 24.9 Å². The summed E-state index contributed by atoms with van der Waals surface area (Å²) in [4.78, 5) is 34.3. The van der Waals surface area contributed by atoms with Crippen molar-refractivity contribution in [1.82, 2.24) is 15.5 Å². The highest BCUT2D eigenvalue weighted by molar-refractivity contribution is 5.98. The number of benzene rings is 1. The van der Waals surface area contributed by atoms with Crippen LogP contribution >= 0.6 is 0 Å². The number of carbonyl (C=O) groups is 2. The molecule has 33 heavy (non-hydrogen) atoms. The van der Waals surface area contributed by atoms with E-state index >= 15 is 0 Å². The SMILES string of the molecule is CC1(C)COc2c(C(=O)N[C@H]3CN4C(N)=N[C@@H](C(=O)O)C5N=C(N)NC54C3(O)O)cccc21. The highest BCUT2D eigenvalue weighted by Gasteiger charge is 2.74. The summed E-state index contributed by atoms with van der Waals surface area (Å²) in [5.74, 6) is -4.67. The van der Waals surface area contributed by atoms with Crippen LogP contribution in [0.4, 0.5) is 0 Å². The molecule has 4 heterocycles. The van der Waals surface area contributed by atoms with Gasteiger partial charge in [0.15, 0.2) is 23.6 Å². The molecule has 4 aliphatic rings. The number of fused-ring (bicyclic) bond motifs is 1. The molecule has 0 aromatic heterocycles. The molecule has 13 nitrogen and oxygen atoms in total. The molecule has 5 rings (SSSR count). The number of carboxylic acids is 1. The number of nitrogens with one attached hydrogen (secondary N) is 2. The number of carbonyl (C=O) groups excluding carboxylic acids is 1. The van der Waals surface area contributed by atoms with Crippen LogP contribution < -0.4 is 26.8 Å². The Kier molecular flexibility index (Phi) is 4.18. The van der Waals surface area contributed by atoms with Crippen LogP contribution in [0.5, 0.6) is 5.75 Å². The topological polar surface area (TPSA) is 208 Å². The average Bonchev–Trinajstić information content (AvgIpc) is 3.32. The number of aliphatic imine (C=N–C) groups is 2. The molecule has 9 N–H and O–H groups in total. The molecule has 13 heteroatoms. The first-order chi connectivity index (χ1) is 15.4. The van der Waals surface area contributed by atoms with E-state index < -0.39 is 41.5 Å². The Morgan fingerprint density at radius 1 is 1.27 bits per heavy atom. The standard InChI is InChI=1S/C20H25N7O6/c1-18(2)7-33-12-8(4-3-5-9(12)18)14(28)23-10-6-27-17(22)24-11(15(29)30)13-19(27,20(10,31)32)26-16(21)25-13/h3-5,10-11,13,31-32H,6-7H2,1-2H3,(H2,22,24)(H,23,28)(H,29,30)(H3,21,25,26)/t10-,11+,13?,19?/m0/s1. The Hall–Kier alpha value is -3.58. The highest BCUT2D eigenvalue weighted by Crippen LogP contribution is 2.45. The van der Waals surface area contributed by atoms with Gasteiger partial charge < -0.3 is 47.1 Å². The van der Waals surface area contributed by atoms with E-state index in [0.29, 0.717) is 12.4 Å². The van der Waals surface area contributed by atoms with Gasteiger partial charge in [-0.15, -0.1) is 0 Å². The van der Waals surface area contributed by atoms with Gasteiger partial charge in [0.05, 0.1) is 12.2 Å². The molecule has 0 aliphatic carbocycles. The quantitative estimate of drug-likeness (QED) is 0.231. The van der Waals surface area contributed by atoms with Gasteiger partial charge in [0.2, 0.25) is 5.79 Å². The maximum Gasteiger partial charge on any atom is 0.331 e. The molecule has 4 atom stereocenters. The molecule has 0 saturated carbocycles. The Morgan fingerprint density at radius 3 is 2.70 bits per heavy atom. The van der Waals surface area contributed by atoms with E-state index in [1.165, 1.54) is 4.90 Å². The molecular weight excluding hydrogens is 434 g/mol. The zero-order chi connectivity index (χ0) is 23.9. The molecule has 4 aliphatic heterocycles. The van der Waals surface area contributed by atoms with Gasteiger partial charge >= 0.3 is 5.97 Å². The number of hydrogen-bond donors (Lipinski definition) is 7. The van der Waals surface area contributed by atoms with Gasteiger partial charge in [0.25, 0.3) is 5.91 Å². The van der Waals surface area contributed by atoms with E-state index in [4.69, 9.17) is 16.2 Å². The second-order valence-corrected chi connectivity index (χ2v) is 9.34. The fourth-order valence-corrected chi connectivity index (χ4v) is 5.16. The summed E-state index contributed by atoms with van der Waals surface area (Å²) in [6.07, 6.45) is 0. The number of aliphatic carboxylic acids is 1. The van der Waals surface area contributed by atoms with Crippen molar-refractivity contribution in [2.24, 2.45) is 21.5 Å². The maximum atomic E-state index is 13.2. The summed E-state index contributed by atoms with van der Waals surface area (Å²) in [5.41, 5.74) is 10.7. The minimum absolute atomic E-state index is 0.186. The summed E-state index contributed by atoms with van der Waals surface area (Å²) in [7, 11) is 0. The van der Waals surface area contributed by atoms with Gasteiger partial charge in [-0.1, -0.05) is 26.0 Å². The van der Waals surface area contributed by atoms with Crippen molar-refractivity contribution in [2.75, 3.05) is 13.2 Å². The van der Waals surface area contributed by atoms with E-state index in [1.807, 2.05) is 19.9 Å². The molecule has 1 aromatic rings. The number of para-hydroxylation sites is 1. The Labute approximate surface area is 188 Å². The van der Waals surface area contributed by atoms with Gasteiger partial charge in [-0.2, -0.15) is 0 Å². The minimum atomic E-state index is -2.72. The lowest BCUT2D eigenvalue weighted by atomic mass is 9.85. The predicted molar refractivity (Wildman–Crippen MR) is 114 cm³/mol. The van der Waals surface area contributed by atoms with Crippen LogP contribution in [0.1, 0.15) is 29.8 Å². The molecule has 0 bridgehead atoms. The summed E-state index contributed by atoms with van der Waals surface area (Å²) in [6.45, 7) is 4.22. The first-order valence-corrected chi connectivity index (χ1v) is 10.4. The molecule has 1 aromatic carbocycles. The van der Waals surface area contributed by atoms with Crippen molar-refractivity contribution in [3.05, 3.63) is 29.3 Å². The molecule has 1 spiro atoms. The Balaban J connectivity index is 1.50. The van der Waals surface area contributed by atoms with Crippen LogP contribution in [0, 0.1) is 0 Å². The fourth-order valence-electron chi connectivity index (χ4n) is 5.16. The van der Waals surface area contributed by atoms with Crippen molar-refractivity contribution in [2.45, 2.75) is 48.8 Å². The molecular formula is C20H25N7O6. The second-order valence-electron chi connectivity index (χ2n) is 9.34. The summed E-state index contributed by atoms with van der Waals surface area (Å²) in [6, 6.07) is 1.09. The first-order valence-electron chi connectivity index (χ1n) is 10.4. The number of hydrogen-bond acceptors (Lipinski definition) is 11. The molecule has 1 saturated heterocycles. The zero-order valence-electron chi connectivity index (χ0n) is 17.9. The molecule has 176 valence electrons. The predicted octanol–water partition coefficient (Wildman–Crippen LogP) is -2.78. The summed E-state index contributed by atoms with van der Waals surface area (Å²) in [5, 5.41) is 37.5. The normalized spacial score (nSPS) is 32.5. The third-order valence-electron chi connectivity index (χ3n) is 6.83. The number of nitrogens with two attached hydrogens (primary N) is 2. The highest BCUT2D eigenvalue weighted by atomic mass is 16.5. The third kappa shape index (κ3) is 2.66. The van der Waals surface area contributed by atoms with Gasteiger partial charge in [-0.25, -0.2) is 14.8 Å². The van der Waals surface area contributed by atoms with Crippen LogP contribution in [0.25, 0.3) is 0 Å². The van der Waals surface area contributed by atoms with Crippen molar-refractivity contribution in [3.63, 3.8) is 0 Å². The number of nitrogens with zero attached hydrogens (tertiary/aromatic N) is 3. The lowest BCUT2D eigenvalue weighted by Gasteiger charge is -2.48. The maximum absolute atomic E-state index is 13.2. The Morgan fingerprint density at radius 2 is 2.00 bits per heavy atom. The molecule has 1 fully saturated rings. The van der Waals surface area contributed by atoms with Crippen molar-refractivity contribution >= 4 is 23.8 Å². The lowest BCUT2D eigenvalue weighted by molar-refractivity contribution is -0.230. The van der Waals surface area contributed by atoms with Gasteiger partial charge in [0.1, 0.15) is 17.8 Å². The largest absolute Gasteiger partial charge is 0.492 e. The van der Waals surface area contributed by atoms with E-state index in [1.54, 1.807) is 12.1 Å². The fraction of sp³-hybridized carbons (Fsp3) is 0.500. The van der Waals surface area contributed by atoms with Crippen molar-refractivity contribution in [1.29, 1.82) is 0 Å². The number of ether oxygens (including phenoxy) is 1. The number of aliphatic hydroxyl groups is 2. The third-order valence-corrected chi connectivity index (χ3v) is 6.83. The lowest BCUT2D eigenvalue weighted by Crippen LogP contribution is -2.78. The van der Waals surface area contributed by atoms with E-state index in [2.05, 4.69) is 20.6 Å². The molecule has 0 radical (unpaired) electrons. The monoisotopic (exact) mass is 459 g/mol. The smallest absolute Gasteiger partial charge is 0.331 e. The minimum Gasteiger partial charge on any atom is -0.492 e. The van der Waals surface area contributed by atoms with Gasteiger partial charge in [-0.3, -0.25) is 4.79 Å². The van der Waals surface area contributed by atoms with Crippen molar-refractivity contribution in [3.8, 4) is 5.75 Å². The van der Waals surface area contributed by atoms with Gasteiger partial charge in [0, 0.05) is 17.5 Å². The molecule has 2 unspecified atom stereocenters.